The fraction of sp³-hybridized carbons (Fsp3) is 0.694. The number of aliphatic hydroxyl groups excluding tert-OH is 1. The highest BCUT2D eigenvalue weighted by Crippen LogP contribution is 2.43. The maximum absolute atomic E-state index is 12.3. The average molecular weight is 878 g/mol. The smallest absolute Gasteiger partial charge is 0.472 e. The Hall–Kier alpha value is -3.08. The molecule has 0 aliphatic rings. The number of phosphoric acid groups is 1. The van der Waals surface area contributed by atoms with Crippen molar-refractivity contribution in [3.63, 3.8) is 0 Å². The first-order valence-corrected chi connectivity index (χ1v) is 25.0. The molecule has 0 aliphatic heterocycles. The molecule has 350 valence electrons. The van der Waals surface area contributed by atoms with Crippen molar-refractivity contribution >= 4 is 25.7 Å². The zero-order valence-electron chi connectivity index (χ0n) is 37.9. The highest BCUT2D eigenvalue weighted by atomic mass is 31.2. The van der Waals surface area contributed by atoms with Gasteiger partial charge in [-0.2, -0.15) is 0 Å². The van der Waals surface area contributed by atoms with Crippen LogP contribution in [0.2, 0.25) is 0 Å². The second kappa shape index (κ2) is 43.6. The van der Waals surface area contributed by atoms with Crippen LogP contribution in [-0.2, 0) is 32.7 Å². The SMILES string of the molecule is CC/C=C\C/C=C\C/C=C\C/C=C\C/C=C\CCCCCC(=O)OCC(O)COP(=O)(O)OCC(NC(=O)CCCCCCCCC/C=C\CCCCCCCCC)C(=O)O. The van der Waals surface area contributed by atoms with E-state index < -0.39 is 57.6 Å². The Morgan fingerprint density at radius 2 is 0.951 bits per heavy atom. The summed E-state index contributed by atoms with van der Waals surface area (Å²) in [4.78, 5) is 46.0. The molecule has 0 aromatic carbocycles. The third-order valence-corrected chi connectivity index (χ3v) is 10.7. The van der Waals surface area contributed by atoms with Crippen molar-refractivity contribution in [1.29, 1.82) is 0 Å². The van der Waals surface area contributed by atoms with Crippen molar-refractivity contribution < 1.29 is 47.8 Å². The van der Waals surface area contributed by atoms with Crippen LogP contribution >= 0.6 is 7.82 Å². The molecule has 3 unspecified atom stereocenters. The lowest BCUT2D eigenvalue weighted by molar-refractivity contribution is -0.147. The van der Waals surface area contributed by atoms with Crippen LogP contribution in [-0.4, -0.2) is 64.9 Å². The summed E-state index contributed by atoms with van der Waals surface area (Å²) >= 11 is 0. The van der Waals surface area contributed by atoms with E-state index in [1.807, 2.05) is 0 Å². The largest absolute Gasteiger partial charge is 0.480 e. The molecule has 1 amide bonds. The number of ether oxygens (including phenoxy) is 1. The summed E-state index contributed by atoms with van der Waals surface area (Å²) < 4.78 is 26.9. The molecular formula is C49H84NO10P. The van der Waals surface area contributed by atoms with Gasteiger partial charge >= 0.3 is 19.8 Å². The number of carbonyl (C=O) groups excluding carboxylic acids is 2. The zero-order chi connectivity index (χ0) is 44.9. The van der Waals surface area contributed by atoms with Crippen LogP contribution < -0.4 is 5.32 Å². The maximum atomic E-state index is 12.3. The summed E-state index contributed by atoms with van der Waals surface area (Å²) in [5.74, 6) is -2.42. The van der Waals surface area contributed by atoms with Crippen LogP contribution in [0.25, 0.3) is 0 Å². The number of rotatable bonds is 43. The van der Waals surface area contributed by atoms with Crippen LogP contribution in [0.5, 0.6) is 0 Å². The summed E-state index contributed by atoms with van der Waals surface area (Å²) in [5, 5.41) is 21.9. The second-order valence-corrected chi connectivity index (χ2v) is 17.0. The van der Waals surface area contributed by atoms with Gasteiger partial charge in [0.25, 0.3) is 0 Å². The van der Waals surface area contributed by atoms with Gasteiger partial charge in [0, 0.05) is 12.8 Å². The number of carbonyl (C=O) groups is 3. The van der Waals surface area contributed by atoms with Gasteiger partial charge < -0.3 is 25.2 Å². The van der Waals surface area contributed by atoms with E-state index in [4.69, 9.17) is 13.8 Å². The third kappa shape index (κ3) is 43.4. The molecule has 0 fully saturated rings. The van der Waals surface area contributed by atoms with Gasteiger partial charge in [-0.05, 0) is 83.5 Å². The minimum atomic E-state index is -4.77. The van der Waals surface area contributed by atoms with Gasteiger partial charge in [-0.15, -0.1) is 0 Å². The minimum absolute atomic E-state index is 0.136. The number of aliphatic carboxylic acids is 1. The fourth-order valence-corrected chi connectivity index (χ4v) is 6.87. The van der Waals surface area contributed by atoms with Gasteiger partial charge in [-0.3, -0.25) is 18.6 Å². The van der Waals surface area contributed by atoms with Crippen LogP contribution in [0.3, 0.4) is 0 Å². The first-order valence-electron chi connectivity index (χ1n) is 23.5. The number of aliphatic hydroxyl groups is 1. The summed E-state index contributed by atoms with van der Waals surface area (Å²) in [6.45, 7) is 2.44. The van der Waals surface area contributed by atoms with E-state index in [0.29, 0.717) is 12.8 Å². The number of carboxylic acids is 1. The van der Waals surface area contributed by atoms with Crippen LogP contribution in [0.15, 0.2) is 72.9 Å². The molecule has 11 nitrogen and oxygen atoms in total. The molecule has 0 spiro atoms. The normalized spacial score (nSPS) is 14.3. The van der Waals surface area contributed by atoms with Crippen molar-refractivity contribution in [3.8, 4) is 0 Å². The van der Waals surface area contributed by atoms with Gasteiger partial charge in [0.2, 0.25) is 5.91 Å². The van der Waals surface area contributed by atoms with E-state index >= 15 is 0 Å². The predicted octanol–water partition coefficient (Wildman–Crippen LogP) is 12.5. The van der Waals surface area contributed by atoms with Gasteiger partial charge in [-0.25, -0.2) is 9.36 Å². The number of nitrogens with one attached hydrogen (secondary N) is 1. The van der Waals surface area contributed by atoms with Crippen molar-refractivity contribution in [1.82, 2.24) is 5.32 Å². The standard InChI is InChI=1S/C49H84NO10P/c1-3-5-7-9-11-13-15-17-19-21-23-25-27-29-31-33-35-37-39-41-48(53)58-42-45(51)43-59-61(56,57)60-44-46(49(54)55)50-47(52)40-38-36-34-32-30-28-26-24-22-20-18-16-14-12-10-8-6-4-2/h5,7,11,13,17,19-20,22-23,25,29,31,45-46,51H,3-4,6,8-10,12,14-16,18,21,24,26-28,30,32-44H2,1-2H3,(H,50,52)(H,54,55)(H,56,57)/b7-5-,13-11-,19-17-,22-20-,25-23-,31-29-. The monoisotopic (exact) mass is 878 g/mol. The van der Waals surface area contributed by atoms with Crippen molar-refractivity contribution in [2.24, 2.45) is 0 Å². The van der Waals surface area contributed by atoms with Crippen LogP contribution in [0, 0.1) is 0 Å². The van der Waals surface area contributed by atoms with Gasteiger partial charge in [-0.1, -0.05) is 164 Å². The summed E-state index contributed by atoms with van der Waals surface area (Å²) in [5.41, 5.74) is 0. The Labute approximate surface area is 369 Å². The Balaban J connectivity index is 3.94. The molecule has 4 N–H and O–H groups in total. The quantitative estimate of drug-likeness (QED) is 0.0200. The van der Waals surface area contributed by atoms with E-state index in [1.54, 1.807) is 0 Å². The number of esters is 1. The van der Waals surface area contributed by atoms with E-state index in [-0.39, 0.29) is 12.8 Å². The van der Waals surface area contributed by atoms with Gasteiger partial charge in [0.1, 0.15) is 12.7 Å². The molecule has 0 saturated heterocycles. The Kier molecular flexibility index (Phi) is 41.4. The lowest BCUT2D eigenvalue weighted by atomic mass is 10.1. The Morgan fingerprint density at radius 1 is 0.541 bits per heavy atom. The molecule has 0 aromatic heterocycles. The molecule has 12 heteroatoms. The molecule has 61 heavy (non-hydrogen) atoms. The maximum Gasteiger partial charge on any atom is 0.472 e. The number of phosphoric ester groups is 1. The van der Waals surface area contributed by atoms with E-state index in [9.17, 15) is 34.1 Å². The number of allylic oxidation sites excluding steroid dienone is 12. The number of hydrogen-bond donors (Lipinski definition) is 4. The summed E-state index contributed by atoms with van der Waals surface area (Å²) in [7, 11) is -4.77. The van der Waals surface area contributed by atoms with Crippen LogP contribution in [0.1, 0.15) is 187 Å². The number of carboxylic acid groups (broad SMARTS) is 1. The van der Waals surface area contributed by atoms with Gasteiger partial charge in [0.05, 0.1) is 13.2 Å². The third-order valence-electron chi connectivity index (χ3n) is 9.73. The Bertz CT molecular complexity index is 1310. The number of unbranched alkanes of at least 4 members (excludes halogenated alkanes) is 17. The topological polar surface area (TPSA) is 169 Å². The van der Waals surface area contributed by atoms with E-state index in [1.165, 1.54) is 64.2 Å². The molecule has 0 bridgehead atoms. The lowest BCUT2D eigenvalue weighted by Crippen LogP contribution is -2.43. The molecular weight excluding hydrogens is 794 g/mol. The first-order chi connectivity index (χ1) is 29.6. The minimum Gasteiger partial charge on any atom is -0.480 e. The van der Waals surface area contributed by atoms with Gasteiger partial charge in [0.15, 0.2) is 6.04 Å². The summed E-state index contributed by atoms with van der Waals surface area (Å²) in [6, 6.07) is -1.56. The van der Waals surface area contributed by atoms with E-state index in [2.05, 4.69) is 92.1 Å². The Morgan fingerprint density at radius 3 is 1.46 bits per heavy atom. The van der Waals surface area contributed by atoms with Crippen molar-refractivity contribution in [2.75, 3.05) is 19.8 Å². The molecule has 0 rings (SSSR count). The molecule has 0 aromatic rings. The van der Waals surface area contributed by atoms with Crippen molar-refractivity contribution in [2.45, 2.75) is 199 Å². The zero-order valence-corrected chi connectivity index (χ0v) is 38.8. The fourth-order valence-electron chi connectivity index (χ4n) is 6.10. The second-order valence-electron chi connectivity index (χ2n) is 15.6. The van der Waals surface area contributed by atoms with Crippen LogP contribution in [0.4, 0.5) is 0 Å². The molecule has 3 atom stereocenters. The molecule has 0 radical (unpaired) electrons. The highest BCUT2D eigenvalue weighted by molar-refractivity contribution is 7.47. The predicted molar refractivity (Wildman–Crippen MR) is 249 cm³/mol. The number of amides is 1. The first kappa shape index (κ1) is 57.9. The molecule has 0 saturated carbocycles. The van der Waals surface area contributed by atoms with E-state index in [0.717, 1.165) is 83.5 Å². The highest BCUT2D eigenvalue weighted by Gasteiger charge is 2.28. The summed E-state index contributed by atoms with van der Waals surface area (Å²) in [6.07, 6.45) is 52.0. The molecule has 0 aliphatic carbocycles. The lowest BCUT2D eigenvalue weighted by Gasteiger charge is -2.18. The number of hydrogen-bond acceptors (Lipinski definition) is 8. The van der Waals surface area contributed by atoms with Crippen molar-refractivity contribution in [3.05, 3.63) is 72.9 Å². The average Bonchev–Trinajstić information content (AvgIpc) is 3.24. The molecule has 0 heterocycles.